The molecule has 0 radical (unpaired) electrons. The van der Waals surface area contributed by atoms with E-state index in [9.17, 15) is 5.11 Å². The summed E-state index contributed by atoms with van der Waals surface area (Å²) in [6.07, 6.45) is -0.213. The maximum absolute atomic E-state index is 10.0. The van der Waals surface area contributed by atoms with Crippen LogP contribution in [0.1, 0.15) is 25.3 Å². The summed E-state index contributed by atoms with van der Waals surface area (Å²) in [6, 6.07) is 10.8. The van der Waals surface area contributed by atoms with Gasteiger partial charge < -0.3 is 5.11 Å². The lowest BCUT2D eigenvalue weighted by molar-refractivity contribution is 0.157. The highest BCUT2D eigenvalue weighted by Crippen LogP contribution is 2.28. The van der Waals surface area contributed by atoms with Crippen molar-refractivity contribution in [3.63, 3.8) is 0 Å². The molecule has 1 aliphatic heterocycles. The van der Waals surface area contributed by atoms with Gasteiger partial charge in [0.2, 0.25) is 0 Å². The highest BCUT2D eigenvalue weighted by molar-refractivity contribution is 5.22. The zero-order valence-corrected chi connectivity index (χ0v) is 9.43. The lowest BCUT2D eigenvalue weighted by Crippen LogP contribution is -2.29. The normalized spacial score (nSPS) is 27.5. The van der Waals surface area contributed by atoms with E-state index in [2.05, 4.69) is 30.9 Å². The highest BCUT2D eigenvalue weighted by Gasteiger charge is 2.33. The van der Waals surface area contributed by atoms with E-state index in [1.54, 1.807) is 0 Å². The SMILES string of the molecule is CC(C)N1C[C@@H](O)[C@H](c2ccccc2)C1. The predicted molar refractivity (Wildman–Crippen MR) is 61.9 cm³/mol. The van der Waals surface area contributed by atoms with Crippen LogP contribution >= 0.6 is 0 Å². The molecule has 0 amide bonds. The molecule has 1 aliphatic rings. The molecule has 0 unspecified atom stereocenters. The maximum atomic E-state index is 10.0. The minimum absolute atomic E-state index is 0.213. The monoisotopic (exact) mass is 205 g/mol. The fourth-order valence-corrected chi connectivity index (χ4v) is 2.27. The van der Waals surface area contributed by atoms with Crippen molar-refractivity contribution in [3.8, 4) is 0 Å². The van der Waals surface area contributed by atoms with E-state index < -0.39 is 0 Å². The first-order valence-corrected chi connectivity index (χ1v) is 5.65. The van der Waals surface area contributed by atoms with Gasteiger partial charge in [0.25, 0.3) is 0 Å². The summed E-state index contributed by atoms with van der Waals surface area (Å²) in [7, 11) is 0. The second kappa shape index (κ2) is 4.33. The molecular formula is C13H19NO. The summed E-state index contributed by atoms with van der Waals surface area (Å²) in [5, 5.41) is 10.0. The molecule has 1 aromatic rings. The Morgan fingerprint density at radius 1 is 1.20 bits per heavy atom. The predicted octanol–water partition coefficient (Wildman–Crippen LogP) is 1.86. The summed E-state index contributed by atoms with van der Waals surface area (Å²) in [5.41, 5.74) is 1.26. The number of β-amino-alcohol motifs (C(OH)–C–C–N with tert-alkyl or cyclic N) is 1. The number of rotatable bonds is 2. The van der Waals surface area contributed by atoms with Gasteiger partial charge in [-0.25, -0.2) is 0 Å². The molecule has 2 atom stereocenters. The van der Waals surface area contributed by atoms with Crippen molar-refractivity contribution in [2.75, 3.05) is 13.1 Å². The molecule has 1 aromatic carbocycles. The van der Waals surface area contributed by atoms with Gasteiger partial charge in [0.1, 0.15) is 0 Å². The minimum atomic E-state index is -0.213. The fraction of sp³-hybridized carbons (Fsp3) is 0.538. The largest absolute Gasteiger partial charge is 0.391 e. The van der Waals surface area contributed by atoms with E-state index >= 15 is 0 Å². The van der Waals surface area contributed by atoms with Gasteiger partial charge in [-0.15, -0.1) is 0 Å². The summed E-state index contributed by atoms with van der Waals surface area (Å²) in [5.74, 6) is 0.286. The summed E-state index contributed by atoms with van der Waals surface area (Å²) in [6.45, 7) is 6.14. The van der Waals surface area contributed by atoms with Crippen LogP contribution in [0.25, 0.3) is 0 Å². The van der Waals surface area contributed by atoms with E-state index in [1.807, 2.05) is 18.2 Å². The van der Waals surface area contributed by atoms with Crippen LogP contribution in [0.3, 0.4) is 0 Å². The van der Waals surface area contributed by atoms with Crippen LogP contribution in [0.15, 0.2) is 30.3 Å². The number of aliphatic hydroxyl groups excluding tert-OH is 1. The Morgan fingerprint density at radius 2 is 1.87 bits per heavy atom. The topological polar surface area (TPSA) is 23.5 Å². The smallest absolute Gasteiger partial charge is 0.0747 e. The van der Waals surface area contributed by atoms with Crippen LogP contribution in [-0.2, 0) is 0 Å². The van der Waals surface area contributed by atoms with Gasteiger partial charge in [0.15, 0.2) is 0 Å². The Hall–Kier alpha value is -0.860. The molecular weight excluding hydrogens is 186 g/mol. The number of hydrogen-bond donors (Lipinski definition) is 1. The first kappa shape index (κ1) is 10.7. The number of nitrogens with zero attached hydrogens (tertiary/aromatic N) is 1. The number of aliphatic hydroxyl groups is 1. The Balaban J connectivity index is 2.12. The van der Waals surface area contributed by atoms with Crippen LogP contribution in [0.2, 0.25) is 0 Å². The first-order valence-electron chi connectivity index (χ1n) is 5.65. The third-order valence-corrected chi connectivity index (χ3v) is 3.28. The average molecular weight is 205 g/mol. The Kier molecular flexibility index (Phi) is 3.08. The molecule has 1 heterocycles. The molecule has 0 spiro atoms. The van der Waals surface area contributed by atoms with Gasteiger partial charge in [-0.05, 0) is 19.4 Å². The van der Waals surface area contributed by atoms with Crippen LogP contribution in [-0.4, -0.2) is 35.2 Å². The van der Waals surface area contributed by atoms with E-state index in [0.29, 0.717) is 6.04 Å². The molecule has 2 rings (SSSR count). The van der Waals surface area contributed by atoms with E-state index in [0.717, 1.165) is 13.1 Å². The second-order valence-corrected chi connectivity index (χ2v) is 4.63. The van der Waals surface area contributed by atoms with Crippen molar-refractivity contribution in [3.05, 3.63) is 35.9 Å². The Labute approximate surface area is 91.5 Å². The molecule has 15 heavy (non-hydrogen) atoms. The minimum Gasteiger partial charge on any atom is -0.391 e. The molecule has 1 N–H and O–H groups in total. The molecule has 2 nitrogen and oxygen atoms in total. The van der Waals surface area contributed by atoms with Crippen LogP contribution < -0.4 is 0 Å². The van der Waals surface area contributed by atoms with Crippen molar-refractivity contribution >= 4 is 0 Å². The van der Waals surface area contributed by atoms with Crippen molar-refractivity contribution in [2.24, 2.45) is 0 Å². The molecule has 0 aromatic heterocycles. The number of hydrogen-bond acceptors (Lipinski definition) is 2. The molecule has 1 saturated heterocycles. The lowest BCUT2D eigenvalue weighted by Gasteiger charge is -2.19. The summed E-state index contributed by atoms with van der Waals surface area (Å²) in [4.78, 5) is 2.34. The zero-order chi connectivity index (χ0) is 10.8. The van der Waals surface area contributed by atoms with Gasteiger partial charge in [0.05, 0.1) is 6.10 Å². The Morgan fingerprint density at radius 3 is 2.40 bits per heavy atom. The first-order chi connectivity index (χ1) is 7.18. The zero-order valence-electron chi connectivity index (χ0n) is 9.43. The Bertz CT molecular complexity index is 310. The maximum Gasteiger partial charge on any atom is 0.0747 e. The van der Waals surface area contributed by atoms with E-state index in [-0.39, 0.29) is 12.0 Å². The van der Waals surface area contributed by atoms with Crippen molar-refractivity contribution in [1.82, 2.24) is 4.90 Å². The third kappa shape index (κ3) is 2.21. The molecule has 82 valence electrons. The molecule has 2 heteroatoms. The van der Waals surface area contributed by atoms with Gasteiger partial charge in [-0.1, -0.05) is 30.3 Å². The van der Waals surface area contributed by atoms with Crippen LogP contribution in [0, 0.1) is 0 Å². The van der Waals surface area contributed by atoms with E-state index in [4.69, 9.17) is 0 Å². The summed E-state index contributed by atoms with van der Waals surface area (Å²) < 4.78 is 0. The quantitative estimate of drug-likeness (QED) is 0.796. The molecule has 1 fully saturated rings. The van der Waals surface area contributed by atoms with E-state index in [1.165, 1.54) is 5.56 Å². The van der Waals surface area contributed by atoms with Gasteiger partial charge in [-0.2, -0.15) is 0 Å². The number of likely N-dealkylation sites (tertiary alicyclic amines) is 1. The lowest BCUT2D eigenvalue weighted by atomic mass is 9.96. The standard InChI is InChI=1S/C13H19NO/c1-10(2)14-8-12(13(15)9-14)11-6-4-3-5-7-11/h3-7,10,12-13,15H,8-9H2,1-2H3/t12-,13+/m0/s1. The average Bonchev–Trinajstić information content (AvgIpc) is 2.62. The van der Waals surface area contributed by atoms with Crippen LogP contribution in [0.5, 0.6) is 0 Å². The number of benzene rings is 1. The fourth-order valence-electron chi connectivity index (χ4n) is 2.27. The molecule has 0 saturated carbocycles. The van der Waals surface area contributed by atoms with Crippen molar-refractivity contribution in [1.29, 1.82) is 0 Å². The van der Waals surface area contributed by atoms with Gasteiger partial charge >= 0.3 is 0 Å². The summed E-state index contributed by atoms with van der Waals surface area (Å²) >= 11 is 0. The van der Waals surface area contributed by atoms with Gasteiger partial charge in [-0.3, -0.25) is 4.90 Å². The molecule has 0 bridgehead atoms. The molecule has 0 aliphatic carbocycles. The van der Waals surface area contributed by atoms with Crippen molar-refractivity contribution in [2.45, 2.75) is 31.9 Å². The van der Waals surface area contributed by atoms with Crippen molar-refractivity contribution < 1.29 is 5.11 Å². The van der Waals surface area contributed by atoms with Gasteiger partial charge in [0, 0.05) is 25.0 Å². The third-order valence-electron chi connectivity index (χ3n) is 3.28. The highest BCUT2D eigenvalue weighted by atomic mass is 16.3. The second-order valence-electron chi connectivity index (χ2n) is 4.63. The van der Waals surface area contributed by atoms with Crippen LogP contribution in [0.4, 0.5) is 0 Å².